The maximum Gasteiger partial charge on any atom is 0.278 e. The molecule has 8 heteroatoms. The number of amides is 2. The van der Waals surface area contributed by atoms with Crippen molar-refractivity contribution in [3.63, 3.8) is 0 Å². The summed E-state index contributed by atoms with van der Waals surface area (Å²) in [5, 5.41) is 12.2. The summed E-state index contributed by atoms with van der Waals surface area (Å²) >= 11 is 0. The van der Waals surface area contributed by atoms with Crippen molar-refractivity contribution < 1.29 is 9.59 Å². The van der Waals surface area contributed by atoms with Gasteiger partial charge in [-0.2, -0.15) is 0 Å². The Morgan fingerprint density at radius 1 is 1.12 bits per heavy atom. The lowest BCUT2D eigenvalue weighted by molar-refractivity contribution is -0.128. The second-order valence-electron chi connectivity index (χ2n) is 7.86. The van der Waals surface area contributed by atoms with Crippen molar-refractivity contribution >= 4 is 28.4 Å². The first kappa shape index (κ1) is 19.9. The molecule has 2 aromatic carbocycles. The Kier molecular flexibility index (Phi) is 5.10. The number of nitrogens with zero attached hydrogens (tertiary/aromatic N) is 5. The molecule has 160 valence electrons. The van der Waals surface area contributed by atoms with Crippen LogP contribution < -0.4 is 5.32 Å². The van der Waals surface area contributed by atoms with E-state index >= 15 is 0 Å². The predicted octanol–water partition coefficient (Wildman–Crippen LogP) is 3.50. The fourth-order valence-electron chi connectivity index (χ4n) is 4.06. The van der Waals surface area contributed by atoms with Gasteiger partial charge in [0.15, 0.2) is 5.69 Å². The Labute approximate surface area is 184 Å². The first-order valence-electron chi connectivity index (χ1n) is 10.5. The van der Waals surface area contributed by atoms with E-state index < -0.39 is 0 Å². The summed E-state index contributed by atoms with van der Waals surface area (Å²) in [4.78, 5) is 31.1. The second kappa shape index (κ2) is 8.22. The lowest BCUT2D eigenvalue weighted by atomic mass is 10.1. The van der Waals surface area contributed by atoms with Gasteiger partial charge in [0.2, 0.25) is 5.91 Å². The number of rotatable bonds is 5. The van der Waals surface area contributed by atoms with E-state index in [1.165, 1.54) is 0 Å². The first-order chi connectivity index (χ1) is 15.6. The van der Waals surface area contributed by atoms with E-state index in [-0.39, 0.29) is 17.5 Å². The van der Waals surface area contributed by atoms with Crippen LogP contribution in [0.25, 0.3) is 16.6 Å². The van der Waals surface area contributed by atoms with Crippen molar-refractivity contribution in [2.45, 2.75) is 26.3 Å². The molecular formula is C24H22N6O2. The molecule has 2 aromatic heterocycles. The number of likely N-dealkylation sites (tertiary alicyclic amines) is 1. The van der Waals surface area contributed by atoms with Crippen molar-refractivity contribution in [2.24, 2.45) is 0 Å². The SMILES string of the molecule is Cc1c(C(=O)Nc2cccc(CN3CCCC3=O)c2)nnn1-c1cccc2cccnc12. The zero-order valence-electron chi connectivity index (χ0n) is 17.7. The molecule has 0 radical (unpaired) electrons. The summed E-state index contributed by atoms with van der Waals surface area (Å²) in [6.45, 7) is 3.14. The highest BCUT2D eigenvalue weighted by Crippen LogP contribution is 2.22. The van der Waals surface area contributed by atoms with Crippen LogP contribution >= 0.6 is 0 Å². The van der Waals surface area contributed by atoms with Gasteiger partial charge in [-0.05, 0) is 43.2 Å². The van der Waals surface area contributed by atoms with Crippen LogP contribution in [0.5, 0.6) is 0 Å². The van der Waals surface area contributed by atoms with E-state index in [1.54, 1.807) is 10.9 Å². The molecule has 0 bridgehead atoms. The molecule has 4 aromatic rings. The molecule has 1 fully saturated rings. The highest BCUT2D eigenvalue weighted by Gasteiger charge is 2.21. The quantitative estimate of drug-likeness (QED) is 0.527. The standard InChI is InChI=1S/C24H22N6O2/c1-16-22(27-28-30(16)20-10-3-7-18-8-4-12-25-23(18)20)24(32)26-19-9-2-6-17(14-19)15-29-13-5-11-21(29)31/h2-4,6-10,12,14H,5,11,13,15H2,1H3,(H,26,32). The average molecular weight is 426 g/mol. The number of anilines is 1. The molecule has 1 aliphatic heterocycles. The predicted molar refractivity (Wildman–Crippen MR) is 120 cm³/mol. The minimum Gasteiger partial charge on any atom is -0.338 e. The number of fused-ring (bicyclic) bond motifs is 1. The van der Waals surface area contributed by atoms with Crippen LogP contribution in [0.2, 0.25) is 0 Å². The van der Waals surface area contributed by atoms with Crippen LogP contribution in [0.4, 0.5) is 5.69 Å². The summed E-state index contributed by atoms with van der Waals surface area (Å²) in [5.74, 6) is -0.161. The maximum atomic E-state index is 12.9. The van der Waals surface area contributed by atoms with E-state index in [2.05, 4.69) is 20.6 Å². The number of aromatic nitrogens is 4. The highest BCUT2D eigenvalue weighted by molar-refractivity contribution is 6.03. The smallest absolute Gasteiger partial charge is 0.278 e. The van der Waals surface area contributed by atoms with Crippen LogP contribution in [0, 0.1) is 6.92 Å². The zero-order valence-corrected chi connectivity index (χ0v) is 17.7. The van der Waals surface area contributed by atoms with Gasteiger partial charge >= 0.3 is 0 Å². The molecule has 8 nitrogen and oxygen atoms in total. The highest BCUT2D eigenvalue weighted by atomic mass is 16.2. The van der Waals surface area contributed by atoms with Crippen molar-refractivity contribution in [3.05, 3.63) is 77.7 Å². The summed E-state index contributed by atoms with van der Waals surface area (Å²) < 4.78 is 1.64. The summed E-state index contributed by atoms with van der Waals surface area (Å²) in [5.41, 5.74) is 4.06. The van der Waals surface area contributed by atoms with Crippen LogP contribution in [0.1, 0.15) is 34.6 Å². The molecule has 1 aliphatic rings. The van der Waals surface area contributed by atoms with Crippen molar-refractivity contribution in [2.75, 3.05) is 11.9 Å². The van der Waals surface area contributed by atoms with Gasteiger partial charge in [0.05, 0.1) is 16.9 Å². The largest absolute Gasteiger partial charge is 0.338 e. The Balaban J connectivity index is 1.38. The van der Waals surface area contributed by atoms with Crippen LogP contribution in [0.3, 0.4) is 0 Å². The minimum absolute atomic E-state index is 0.176. The van der Waals surface area contributed by atoms with E-state index in [0.717, 1.165) is 35.1 Å². The number of carbonyl (C=O) groups excluding carboxylic acids is 2. The van der Waals surface area contributed by atoms with Gasteiger partial charge < -0.3 is 10.2 Å². The number of nitrogens with one attached hydrogen (secondary N) is 1. The summed E-state index contributed by atoms with van der Waals surface area (Å²) in [7, 11) is 0. The van der Waals surface area contributed by atoms with Gasteiger partial charge in [-0.25, -0.2) is 4.68 Å². The molecule has 0 aliphatic carbocycles. The van der Waals surface area contributed by atoms with Crippen LogP contribution in [-0.2, 0) is 11.3 Å². The van der Waals surface area contributed by atoms with E-state index in [9.17, 15) is 9.59 Å². The van der Waals surface area contributed by atoms with Crippen LogP contribution in [0.15, 0.2) is 60.8 Å². The van der Waals surface area contributed by atoms with Gasteiger partial charge in [0, 0.05) is 36.8 Å². The molecule has 2 amide bonds. The third kappa shape index (κ3) is 3.71. The third-order valence-corrected chi connectivity index (χ3v) is 5.68. The number of benzene rings is 2. The molecule has 5 rings (SSSR count). The topological polar surface area (TPSA) is 93.0 Å². The van der Waals surface area contributed by atoms with E-state index in [1.807, 2.05) is 66.4 Å². The molecule has 0 saturated carbocycles. The Hall–Kier alpha value is -4.07. The van der Waals surface area contributed by atoms with Crippen molar-refractivity contribution in [1.29, 1.82) is 0 Å². The first-order valence-corrected chi connectivity index (χ1v) is 10.5. The average Bonchev–Trinajstić information content (AvgIpc) is 3.39. The number of hydrogen-bond acceptors (Lipinski definition) is 5. The summed E-state index contributed by atoms with van der Waals surface area (Å²) in [6.07, 6.45) is 3.24. The lowest BCUT2D eigenvalue weighted by Gasteiger charge is -2.16. The normalized spacial score (nSPS) is 13.7. The number of hydrogen-bond donors (Lipinski definition) is 1. The zero-order chi connectivity index (χ0) is 22.1. The van der Waals surface area contributed by atoms with E-state index in [4.69, 9.17) is 0 Å². The monoisotopic (exact) mass is 426 g/mol. The van der Waals surface area contributed by atoms with E-state index in [0.29, 0.717) is 24.3 Å². The number of pyridine rings is 1. The fourth-order valence-corrected chi connectivity index (χ4v) is 4.06. The molecule has 1 saturated heterocycles. The molecule has 32 heavy (non-hydrogen) atoms. The van der Waals surface area contributed by atoms with Crippen LogP contribution in [-0.4, -0.2) is 43.2 Å². The number of carbonyl (C=O) groups is 2. The second-order valence-corrected chi connectivity index (χ2v) is 7.86. The molecule has 0 unspecified atom stereocenters. The lowest BCUT2D eigenvalue weighted by Crippen LogP contribution is -2.23. The van der Waals surface area contributed by atoms with Gasteiger partial charge in [-0.3, -0.25) is 14.6 Å². The third-order valence-electron chi connectivity index (χ3n) is 5.68. The van der Waals surface area contributed by atoms with Crippen molar-refractivity contribution in [1.82, 2.24) is 24.9 Å². The molecule has 1 N–H and O–H groups in total. The molecule has 0 atom stereocenters. The molecule has 3 heterocycles. The fraction of sp³-hybridized carbons (Fsp3) is 0.208. The minimum atomic E-state index is -0.337. The van der Waals surface area contributed by atoms with Gasteiger partial charge in [-0.1, -0.05) is 35.5 Å². The van der Waals surface area contributed by atoms with Gasteiger partial charge in [0.25, 0.3) is 5.91 Å². The Morgan fingerprint density at radius 3 is 2.81 bits per heavy atom. The number of para-hydroxylation sites is 1. The maximum absolute atomic E-state index is 12.9. The Morgan fingerprint density at radius 2 is 1.97 bits per heavy atom. The molecule has 0 spiro atoms. The summed E-state index contributed by atoms with van der Waals surface area (Å²) in [6, 6.07) is 17.2. The Bertz CT molecular complexity index is 1320. The van der Waals surface area contributed by atoms with Crippen molar-refractivity contribution in [3.8, 4) is 5.69 Å². The van der Waals surface area contributed by atoms with Gasteiger partial charge in [-0.15, -0.1) is 5.10 Å². The molecular weight excluding hydrogens is 404 g/mol. The van der Waals surface area contributed by atoms with Gasteiger partial charge in [0.1, 0.15) is 0 Å².